The average Bonchev–Trinajstić information content (AvgIpc) is 2.66. The Morgan fingerprint density at radius 2 is 1.52 bits per heavy atom. The molecule has 126 valence electrons. The van der Waals surface area contributed by atoms with E-state index in [9.17, 15) is 4.79 Å². The van der Waals surface area contributed by atoms with Gasteiger partial charge in [0.1, 0.15) is 24.7 Å². The van der Waals surface area contributed by atoms with Crippen LogP contribution in [0, 0.1) is 0 Å². The van der Waals surface area contributed by atoms with Gasteiger partial charge in [-0.2, -0.15) is 0 Å². The van der Waals surface area contributed by atoms with Crippen LogP contribution in [-0.4, -0.2) is 24.3 Å². The summed E-state index contributed by atoms with van der Waals surface area (Å²) in [7, 11) is 0. The van der Waals surface area contributed by atoms with E-state index in [4.69, 9.17) is 14.6 Å². The number of hydrogen-bond acceptors (Lipinski definition) is 3. The molecule has 0 aliphatic heterocycles. The Hall–Kier alpha value is -3.27. The van der Waals surface area contributed by atoms with Gasteiger partial charge in [-0.15, -0.1) is 0 Å². The molecule has 0 saturated heterocycles. The lowest BCUT2D eigenvalue weighted by atomic mass is 10.1. The van der Waals surface area contributed by atoms with Crippen molar-refractivity contribution in [2.45, 2.75) is 0 Å². The highest BCUT2D eigenvalue weighted by molar-refractivity contribution is 5.88. The fourth-order valence-electron chi connectivity index (χ4n) is 2.48. The van der Waals surface area contributed by atoms with Crippen LogP contribution in [0.1, 0.15) is 10.4 Å². The molecular formula is C21H18O4. The summed E-state index contributed by atoms with van der Waals surface area (Å²) in [6.07, 6.45) is 0. The van der Waals surface area contributed by atoms with Gasteiger partial charge in [0.05, 0.1) is 5.56 Å². The quantitative estimate of drug-likeness (QED) is 0.646. The summed E-state index contributed by atoms with van der Waals surface area (Å²) in [5.74, 6) is 0.329. The zero-order valence-electron chi connectivity index (χ0n) is 13.6. The first-order chi connectivity index (χ1) is 12.2. The van der Waals surface area contributed by atoms with Crippen LogP contribution in [0.2, 0.25) is 0 Å². The van der Waals surface area contributed by atoms with Crippen molar-refractivity contribution in [2.75, 3.05) is 13.2 Å². The maximum atomic E-state index is 11.0. The van der Waals surface area contributed by atoms with Crippen LogP contribution in [0.15, 0.2) is 78.9 Å². The van der Waals surface area contributed by atoms with Gasteiger partial charge in [-0.3, -0.25) is 0 Å². The average molecular weight is 334 g/mol. The molecule has 0 radical (unpaired) electrons. The first-order valence-corrected chi connectivity index (χ1v) is 7.97. The van der Waals surface area contributed by atoms with Crippen molar-refractivity contribution in [1.82, 2.24) is 0 Å². The van der Waals surface area contributed by atoms with Gasteiger partial charge in [0.25, 0.3) is 0 Å². The maximum Gasteiger partial charge on any atom is 0.335 e. The highest BCUT2D eigenvalue weighted by Gasteiger charge is 2.06. The topological polar surface area (TPSA) is 55.8 Å². The SMILES string of the molecule is O=C(O)c1cccc(OCCOc2ccccc2-c2ccccc2)c1. The second kappa shape index (κ2) is 8.02. The molecule has 0 heterocycles. The van der Waals surface area contributed by atoms with E-state index in [2.05, 4.69) is 0 Å². The second-order valence-electron chi connectivity index (χ2n) is 5.39. The molecule has 4 heteroatoms. The third kappa shape index (κ3) is 4.38. The molecule has 25 heavy (non-hydrogen) atoms. The number of benzene rings is 3. The molecule has 3 aromatic carbocycles. The first kappa shape index (κ1) is 16.6. The van der Waals surface area contributed by atoms with Crippen LogP contribution < -0.4 is 9.47 Å². The molecule has 0 aromatic heterocycles. The Morgan fingerprint density at radius 3 is 2.32 bits per heavy atom. The van der Waals surface area contributed by atoms with Crippen molar-refractivity contribution in [3.05, 3.63) is 84.4 Å². The molecule has 0 unspecified atom stereocenters. The number of ether oxygens (including phenoxy) is 2. The van der Waals surface area contributed by atoms with Gasteiger partial charge < -0.3 is 14.6 Å². The molecule has 0 spiro atoms. The molecule has 4 nitrogen and oxygen atoms in total. The summed E-state index contributed by atoms with van der Waals surface area (Å²) in [5, 5.41) is 8.99. The summed E-state index contributed by atoms with van der Waals surface area (Å²) in [5.41, 5.74) is 2.32. The number of carboxylic acids is 1. The standard InChI is InChI=1S/C21H18O4/c22-21(23)17-9-6-10-18(15-17)24-13-14-25-20-12-5-4-11-19(20)16-7-2-1-3-8-16/h1-12,15H,13-14H2,(H,22,23). The van der Waals surface area contributed by atoms with E-state index >= 15 is 0 Å². The largest absolute Gasteiger partial charge is 0.490 e. The van der Waals surface area contributed by atoms with Crippen molar-refractivity contribution in [3.8, 4) is 22.6 Å². The molecule has 3 rings (SSSR count). The molecule has 0 saturated carbocycles. The van der Waals surface area contributed by atoms with Crippen LogP contribution in [0.3, 0.4) is 0 Å². The Kier molecular flexibility index (Phi) is 5.32. The Balaban J connectivity index is 1.60. The van der Waals surface area contributed by atoms with Gasteiger partial charge in [0, 0.05) is 5.56 Å². The van der Waals surface area contributed by atoms with Gasteiger partial charge in [0.15, 0.2) is 0 Å². The number of carboxylic acid groups (broad SMARTS) is 1. The predicted molar refractivity (Wildman–Crippen MR) is 96.3 cm³/mol. The zero-order chi connectivity index (χ0) is 17.5. The lowest BCUT2D eigenvalue weighted by Gasteiger charge is -2.12. The summed E-state index contributed by atoms with van der Waals surface area (Å²) < 4.78 is 11.4. The lowest BCUT2D eigenvalue weighted by molar-refractivity contribution is 0.0696. The predicted octanol–water partition coefficient (Wildman–Crippen LogP) is 4.51. The Morgan fingerprint density at radius 1 is 0.800 bits per heavy atom. The first-order valence-electron chi connectivity index (χ1n) is 7.97. The van der Waals surface area contributed by atoms with Crippen LogP contribution in [-0.2, 0) is 0 Å². The van der Waals surface area contributed by atoms with Crippen LogP contribution in [0.4, 0.5) is 0 Å². The lowest BCUT2D eigenvalue weighted by Crippen LogP contribution is -2.10. The molecular weight excluding hydrogens is 316 g/mol. The summed E-state index contributed by atoms with van der Waals surface area (Å²) in [6, 6.07) is 24.3. The van der Waals surface area contributed by atoms with E-state index < -0.39 is 5.97 Å². The van der Waals surface area contributed by atoms with Gasteiger partial charge >= 0.3 is 5.97 Å². The van der Waals surface area contributed by atoms with E-state index in [-0.39, 0.29) is 5.56 Å². The minimum Gasteiger partial charge on any atom is -0.490 e. The molecule has 0 fully saturated rings. The number of aromatic carboxylic acids is 1. The monoisotopic (exact) mass is 334 g/mol. The highest BCUT2D eigenvalue weighted by Crippen LogP contribution is 2.29. The number of para-hydroxylation sites is 1. The van der Waals surface area contributed by atoms with Crippen LogP contribution in [0.25, 0.3) is 11.1 Å². The van der Waals surface area contributed by atoms with E-state index in [1.807, 2.05) is 54.6 Å². The van der Waals surface area contributed by atoms with Crippen molar-refractivity contribution in [3.63, 3.8) is 0 Å². The Labute approximate surface area is 146 Å². The van der Waals surface area contributed by atoms with Gasteiger partial charge in [-0.25, -0.2) is 4.79 Å². The fourth-order valence-corrected chi connectivity index (χ4v) is 2.48. The van der Waals surface area contributed by atoms with Crippen LogP contribution in [0.5, 0.6) is 11.5 Å². The maximum absolute atomic E-state index is 11.0. The fraction of sp³-hybridized carbons (Fsp3) is 0.0952. The smallest absolute Gasteiger partial charge is 0.335 e. The molecule has 0 amide bonds. The Bertz CT molecular complexity index is 843. The zero-order valence-corrected chi connectivity index (χ0v) is 13.6. The van der Waals surface area contributed by atoms with E-state index in [1.165, 1.54) is 12.1 Å². The normalized spacial score (nSPS) is 10.2. The molecule has 1 N–H and O–H groups in total. The van der Waals surface area contributed by atoms with Crippen molar-refractivity contribution < 1.29 is 19.4 Å². The third-order valence-corrected chi connectivity index (χ3v) is 3.66. The number of hydrogen-bond donors (Lipinski definition) is 1. The van der Waals surface area contributed by atoms with Gasteiger partial charge in [-0.05, 0) is 29.8 Å². The van der Waals surface area contributed by atoms with Gasteiger partial charge in [-0.1, -0.05) is 54.6 Å². The third-order valence-electron chi connectivity index (χ3n) is 3.66. The van der Waals surface area contributed by atoms with Crippen LogP contribution >= 0.6 is 0 Å². The van der Waals surface area contributed by atoms with Crippen molar-refractivity contribution >= 4 is 5.97 Å². The second-order valence-corrected chi connectivity index (χ2v) is 5.39. The summed E-state index contributed by atoms with van der Waals surface area (Å²) >= 11 is 0. The van der Waals surface area contributed by atoms with Crippen molar-refractivity contribution in [1.29, 1.82) is 0 Å². The molecule has 3 aromatic rings. The molecule has 0 aliphatic carbocycles. The van der Waals surface area contributed by atoms with Gasteiger partial charge in [0.2, 0.25) is 0 Å². The van der Waals surface area contributed by atoms with E-state index in [0.29, 0.717) is 19.0 Å². The summed E-state index contributed by atoms with van der Waals surface area (Å²) in [4.78, 5) is 11.0. The van der Waals surface area contributed by atoms with Crippen molar-refractivity contribution in [2.24, 2.45) is 0 Å². The number of rotatable bonds is 7. The minimum absolute atomic E-state index is 0.202. The molecule has 0 bridgehead atoms. The summed E-state index contributed by atoms with van der Waals surface area (Å²) in [6.45, 7) is 0.688. The van der Waals surface area contributed by atoms with E-state index in [1.54, 1.807) is 12.1 Å². The number of carbonyl (C=O) groups is 1. The highest BCUT2D eigenvalue weighted by atomic mass is 16.5. The van der Waals surface area contributed by atoms with E-state index in [0.717, 1.165) is 16.9 Å². The molecule has 0 aliphatic rings. The minimum atomic E-state index is -0.974. The molecule has 0 atom stereocenters.